The minimum absolute atomic E-state index is 0.929. The molecule has 0 aliphatic rings. The van der Waals surface area contributed by atoms with Gasteiger partial charge in [-0.1, -0.05) is 164 Å². The second kappa shape index (κ2) is 12.7. The Balaban J connectivity index is 1.14. The predicted octanol–water partition coefficient (Wildman–Crippen LogP) is 14.3. The van der Waals surface area contributed by atoms with Crippen molar-refractivity contribution in [2.75, 3.05) is 0 Å². The molecular formula is C53H34N2. The van der Waals surface area contributed by atoms with Crippen LogP contribution in [0, 0.1) is 0 Å². The van der Waals surface area contributed by atoms with Crippen LogP contribution in [0.1, 0.15) is 0 Å². The van der Waals surface area contributed by atoms with Crippen LogP contribution in [-0.2, 0) is 0 Å². The number of fused-ring (bicyclic) bond motifs is 6. The van der Waals surface area contributed by atoms with Gasteiger partial charge < -0.3 is 0 Å². The van der Waals surface area contributed by atoms with Gasteiger partial charge in [0, 0.05) is 11.3 Å². The third-order valence-electron chi connectivity index (χ3n) is 11.2. The van der Waals surface area contributed by atoms with Crippen LogP contribution in [0.3, 0.4) is 0 Å². The van der Waals surface area contributed by atoms with Gasteiger partial charge in [-0.15, -0.1) is 0 Å². The normalized spacial score (nSPS) is 11.6. The van der Waals surface area contributed by atoms with Crippen LogP contribution in [0.4, 0.5) is 0 Å². The molecule has 0 saturated carbocycles. The maximum atomic E-state index is 5.20. The first-order valence-electron chi connectivity index (χ1n) is 18.9. The molecule has 10 aromatic carbocycles. The van der Waals surface area contributed by atoms with Gasteiger partial charge in [0.1, 0.15) is 5.82 Å². The molecule has 0 saturated heterocycles. The van der Waals surface area contributed by atoms with E-state index >= 15 is 0 Å². The molecule has 0 atom stereocenters. The monoisotopic (exact) mass is 698 g/mol. The Kier molecular flexibility index (Phi) is 7.21. The molecular weight excluding hydrogens is 665 g/mol. The molecule has 0 bridgehead atoms. The maximum Gasteiger partial charge on any atom is 0.145 e. The highest BCUT2D eigenvalue weighted by molar-refractivity contribution is 6.23. The summed E-state index contributed by atoms with van der Waals surface area (Å²) in [6.07, 6.45) is 0. The molecule has 1 heterocycles. The van der Waals surface area contributed by atoms with Crippen molar-refractivity contribution < 1.29 is 0 Å². The van der Waals surface area contributed by atoms with Crippen molar-refractivity contribution in [1.82, 2.24) is 9.55 Å². The van der Waals surface area contributed by atoms with E-state index in [1.807, 2.05) is 0 Å². The van der Waals surface area contributed by atoms with Crippen LogP contribution in [0.25, 0.3) is 105 Å². The number of hydrogen-bond acceptors (Lipinski definition) is 1. The zero-order valence-corrected chi connectivity index (χ0v) is 30.0. The van der Waals surface area contributed by atoms with Gasteiger partial charge in [0.2, 0.25) is 0 Å². The molecule has 0 N–H and O–H groups in total. The first-order chi connectivity index (χ1) is 27.3. The van der Waals surface area contributed by atoms with E-state index < -0.39 is 0 Å². The number of para-hydroxylation sites is 3. The molecule has 0 amide bonds. The minimum atomic E-state index is 0.929. The average Bonchev–Trinajstić information content (AvgIpc) is 3.66. The van der Waals surface area contributed by atoms with Crippen molar-refractivity contribution >= 4 is 54.1 Å². The van der Waals surface area contributed by atoms with E-state index in [1.54, 1.807) is 0 Å². The highest BCUT2D eigenvalue weighted by Crippen LogP contribution is 2.46. The van der Waals surface area contributed by atoms with Gasteiger partial charge in [0.25, 0.3) is 0 Å². The Labute approximate surface area is 319 Å². The van der Waals surface area contributed by atoms with Gasteiger partial charge in [0.05, 0.1) is 11.0 Å². The van der Waals surface area contributed by atoms with Crippen molar-refractivity contribution in [3.63, 3.8) is 0 Å². The van der Waals surface area contributed by atoms with E-state index in [4.69, 9.17) is 4.98 Å². The molecule has 2 nitrogen and oxygen atoms in total. The zero-order valence-electron chi connectivity index (χ0n) is 30.0. The molecule has 1 aromatic heterocycles. The van der Waals surface area contributed by atoms with E-state index in [2.05, 4.69) is 211 Å². The topological polar surface area (TPSA) is 17.8 Å². The summed E-state index contributed by atoms with van der Waals surface area (Å²) in [4.78, 5) is 5.20. The van der Waals surface area contributed by atoms with E-state index in [9.17, 15) is 0 Å². The molecule has 11 aromatic rings. The minimum Gasteiger partial charge on any atom is -0.292 e. The lowest BCUT2D eigenvalue weighted by molar-refractivity contribution is 1.10. The summed E-state index contributed by atoms with van der Waals surface area (Å²) in [6.45, 7) is 0. The first kappa shape index (κ1) is 31.3. The summed E-state index contributed by atoms with van der Waals surface area (Å²) in [7, 11) is 0. The van der Waals surface area contributed by atoms with Crippen LogP contribution >= 0.6 is 0 Å². The lowest BCUT2D eigenvalue weighted by atomic mass is 9.84. The number of nitrogens with zero attached hydrogens (tertiary/aromatic N) is 2. The summed E-state index contributed by atoms with van der Waals surface area (Å²) >= 11 is 0. The lowest BCUT2D eigenvalue weighted by Crippen LogP contribution is -1.97. The Morgan fingerprint density at radius 2 is 0.855 bits per heavy atom. The molecule has 0 aliphatic heterocycles. The van der Waals surface area contributed by atoms with Gasteiger partial charge in [0.15, 0.2) is 0 Å². The van der Waals surface area contributed by atoms with Crippen LogP contribution < -0.4 is 0 Å². The molecule has 0 aliphatic carbocycles. The molecule has 0 spiro atoms. The van der Waals surface area contributed by atoms with E-state index in [0.29, 0.717) is 0 Å². The zero-order chi connectivity index (χ0) is 36.3. The van der Waals surface area contributed by atoms with Gasteiger partial charge in [-0.05, 0) is 119 Å². The fourth-order valence-corrected chi connectivity index (χ4v) is 8.74. The smallest absolute Gasteiger partial charge is 0.145 e. The number of hydrogen-bond donors (Lipinski definition) is 0. The molecule has 55 heavy (non-hydrogen) atoms. The molecule has 0 radical (unpaired) electrons. The van der Waals surface area contributed by atoms with Crippen molar-refractivity contribution in [2.45, 2.75) is 0 Å². The lowest BCUT2D eigenvalue weighted by Gasteiger charge is -2.19. The molecule has 0 fully saturated rings. The van der Waals surface area contributed by atoms with Crippen molar-refractivity contribution in [1.29, 1.82) is 0 Å². The van der Waals surface area contributed by atoms with Gasteiger partial charge >= 0.3 is 0 Å². The van der Waals surface area contributed by atoms with Crippen LogP contribution in [0.15, 0.2) is 206 Å². The van der Waals surface area contributed by atoms with Crippen LogP contribution in [-0.4, -0.2) is 9.55 Å². The van der Waals surface area contributed by atoms with E-state index in [1.165, 1.54) is 76.5 Å². The van der Waals surface area contributed by atoms with Crippen LogP contribution in [0.2, 0.25) is 0 Å². The number of imidazole rings is 1. The van der Waals surface area contributed by atoms with Gasteiger partial charge in [-0.3, -0.25) is 4.57 Å². The first-order valence-corrected chi connectivity index (χ1v) is 18.9. The summed E-state index contributed by atoms with van der Waals surface area (Å²) in [5, 5.41) is 9.98. The Hall–Kier alpha value is -7.29. The third-order valence-corrected chi connectivity index (χ3v) is 11.2. The fourth-order valence-electron chi connectivity index (χ4n) is 8.74. The second-order valence-corrected chi connectivity index (χ2v) is 14.3. The number of benzene rings is 10. The standard InChI is InChI=1S/C53H34N2/c1-3-16-35(17-4-1)47-33-36-30-31-38(34-48(36)42-23-8-7-22-41(42)47)52-45-26-11-9-24-43(45)51(44-25-10-12-27-46(44)52)37-18-15-19-39(32-37)53-54-49-28-13-14-29-50(49)55(53)40-20-5-2-6-21-40/h1-34H. The molecule has 11 rings (SSSR count). The quantitative estimate of drug-likeness (QED) is 0.129. The summed E-state index contributed by atoms with van der Waals surface area (Å²) in [5.74, 6) is 0.929. The average molecular weight is 699 g/mol. The van der Waals surface area contributed by atoms with Gasteiger partial charge in [-0.25, -0.2) is 4.98 Å². The Morgan fingerprint density at radius 1 is 0.327 bits per heavy atom. The maximum absolute atomic E-state index is 5.20. The van der Waals surface area contributed by atoms with E-state index in [0.717, 1.165) is 28.1 Å². The number of rotatable bonds is 5. The summed E-state index contributed by atoms with van der Waals surface area (Å²) < 4.78 is 2.28. The molecule has 2 heteroatoms. The van der Waals surface area contributed by atoms with Crippen molar-refractivity contribution in [3.05, 3.63) is 206 Å². The third kappa shape index (κ3) is 5.07. The highest BCUT2D eigenvalue weighted by atomic mass is 15.1. The summed E-state index contributed by atoms with van der Waals surface area (Å²) in [6, 6.07) is 74.7. The van der Waals surface area contributed by atoms with Crippen molar-refractivity contribution in [2.24, 2.45) is 0 Å². The predicted molar refractivity (Wildman–Crippen MR) is 233 cm³/mol. The SMILES string of the molecule is c1ccc(-c2cc3ccc(-c4c5ccccc5c(-c5cccc(-c6nc7ccccc7n6-c6ccccc6)c5)c5ccccc45)cc3c3ccccc23)cc1. The number of aromatic nitrogens is 2. The van der Waals surface area contributed by atoms with E-state index in [-0.39, 0.29) is 0 Å². The molecule has 256 valence electrons. The Morgan fingerprint density at radius 3 is 1.55 bits per heavy atom. The summed E-state index contributed by atoms with van der Waals surface area (Å²) in [5.41, 5.74) is 11.6. The van der Waals surface area contributed by atoms with Crippen molar-refractivity contribution in [3.8, 4) is 50.5 Å². The fraction of sp³-hybridized carbons (Fsp3) is 0. The second-order valence-electron chi connectivity index (χ2n) is 14.3. The van der Waals surface area contributed by atoms with Crippen LogP contribution in [0.5, 0.6) is 0 Å². The Bertz CT molecular complexity index is 3190. The highest BCUT2D eigenvalue weighted by Gasteiger charge is 2.20. The largest absolute Gasteiger partial charge is 0.292 e. The van der Waals surface area contributed by atoms with Gasteiger partial charge in [-0.2, -0.15) is 0 Å². The molecule has 0 unspecified atom stereocenters.